The van der Waals surface area contributed by atoms with Gasteiger partial charge in [-0.25, -0.2) is 0 Å². The first-order valence-electron chi connectivity index (χ1n) is 8.10. The number of nitrogens with one attached hydrogen (secondary N) is 1. The Kier molecular flexibility index (Phi) is 4.22. The Bertz CT molecular complexity index is 254. The summed E-state index contributed by atoms with van der Waals surface area (Å²) in [7, 11) is 0. The molecule has 0 aromatic heterocycles. The first-order chi connectivity index (χ1) is 8.88. The van der Waals surface area contributed by atoms with Crippen LogP contribution in [-0.4, -0.2) is 60.6 Å². The zero-order valence-corrected chi connectivity index (χ0v) is 11.9. The van der Waals surface area contributed by atoms with Crippen molar-refractivity contribution in [2.45, 2.75) is 63.6 Å². The van der Waals surface area contributed by atoms with Crippen LogP contribution in [0.25, 0.3) is 0 Å². The number of rotatable bonds is 3. The van der Waals surface area contributed by atoms with Crippen LogP contribution < -0.4 is 5.32 Å². The maximum atomic E-state index is 3.74. The summed E-state index contributed by atoms with van der Waals surface area (Å²) < 4.78 is 0. The lowest BCUT2D eigenvalue weighted by Gasteiger charge is -2.40. The second-order valence-corrected chi connectivity index (χ2v) is 6.32. The molecule has 0 bridgehead atoms. The molecule has 2 unspecified atom stereocenters. The third-order valence-corrected chi connectivity index (χ3v) is 5.38. The van der Waals surface area contributed by atoms with Crippen LogP contribution in [0.1, 0.15) is 45.4 Å². The Balaban J connectivity index is 1.57. The van der Waals surface area contributed by atoms with Gasteiger partial charge in [0.15, 0.2) is 0 Å². The van der Waals surface area contributed by atoms with E-state index in [2.05, 4.69) is 22.0 Å². The number of piperidine rings is 1. The van der Waals surface area contributed by atoms with Gasteiger partial charge < -0.3 is 10.2 Å². The molecule has 0 saturated carbocycles. The molecule has 3 aliphatic rings. The first kappa shape index (κ1) is 12.9. The molecule has 0 aromatic carbocycles. The average Bonchev–Trinajstić information content (AvgIpc) is 3.09. The van der Waals surface area contributed by atoms with Crippen molar-refractivity contribution in [1.82, 2.24) is 15.1 Å². The van der Waals surface area contributed by atoms with Crippen molar-refractivity contribution in [2.24, 2.45) is 0 Å². The molecule has 3 saturated heterocycles. The summed E-state index contributed by atoms with van der Waals surface area (Å²) in [6.07, 6.45) is 8.47. The molecule has 2 atom stereocenters. The monoisotopic (exact) mass is 251 g/mol. The zero-order chi connectivity index (χ0) is 12.4. The summed E-state index contributed by atoms with van der Waals surface area (Å²) >= 11 is 0. The molecule has 3 aliphatic heterocycles. The third kappa shape index (κ3) is 2.59. The molecule has 3 heteroatoms. The van der Waals surface area contributed by atoms with Crippen LogP contribution in [0.15, 0.2) is 0 Å². The van der Waals surface area contributed by atoms with Gasteiger partial charge in [0.25, 0.3) is 0 Å². The van der Waals surface area contributed by atoms with Crippen LogP contribution in [0.4, 0.5) is 0 Å². The van der Waals surface area contributed by atoms with E-state index in [4.69, 9.17) is 0 Å². The van der Waals surface area contributed by atoms with Crippen LogP contribution >= 0.6 is 0 Å². The Morgan fingerprint density at radius 3 is 2.50 bits per heavy atom. The van der Waals surface area contributed by atoms with Gasteiger partial charge in [-0.05, 0) is 71.2 Å². The fourth-order valence-electron chi connectivity index (χ4n) is 4.31. The Labute approximate surface area is 112 Å². The van der Waals surface area contributed by atoms with Gasteiger partial charge >= 0.3 is 0 Å². The van der Waals surface area contributed by atoms with E-state index < -0.39 is 0 Å². The number of hydrogen-bond donors (Lipinski definition) is 1. The fourth-order valence-corrected chi connectivity index (χ4v) is 4.31. The summed E-state index contributed by atoms with van der Waals surface area (Å²) in [5.41, 5.74) is 0. The quantitative estimate of drug-likeness (QED) is 0.823. The van der Waals surface area contributed by atoms with E-state index in [1.165, 1.54) is 71.2 Å². The van der Waals surface area contributed by atoms with Gasteiger partial charge in [0.2, 0.25) is 0 Å². The van der Waals surface area contributed by atoms with Gasteiger partial charge in [-0.1, -0.05) is 6.92 Å². The van der Waals surface area contributed by atoms with E-state index in [1.54, 1.807) is 0 Å². The van der Waals surface area contributed by atoms with Crippen molar-refractivity contribution in [3.8, 4) is 0 Å². The van der Waals surface area contributed by atoms with Crippen molar-refractivity contribution in [3.63, 3.8) is 0 Å². The molecule has 3 nitrogen and oxygen atoms in total. The van der Waals surface area contributed by atoms with E-state index in [-0.39, 0.29) is 0 Å². The maximum Gasteiger partial charge on any atom is 0.0252 e. The molecule has 0 spiro atoms. The van der Waals surface area contributed by atoms with E-state index >= 15 is 0 Å². The molecular formula is C15H29N3. The highest BCUT2D eigenvalue weighted by Crippen LogP contribution is 2.30. The highest BCUT2D eigenvalue weighted by Gasteiger charge is 2.37. The average molecular weight is 251 g/mol. The molecule has 0 amide bonds. The summed E-state index contributed by atoms with van der Waals surface area (Å²) in [5.74, 6) is 0. The summed E-state index contributed by atoms with van der Waals surface area (Å²) in [5, 5.41) is 3.74. The van der Waals surface area contributed by atoms with Crippen LogP contribution in [0.3, 0.4) is 0 Å². The van der Waals surface area contributed by atoms with Gasteiger partial charge in [-0.2, -0.15) is 0 Å². The van der Waals surface area contributed by atoms with E-state index in [9.17, 15) is 0 Å². The van der Waals surface area contributed by atoms with E-state index in [0.717, 1.165) is 18.1 Å². The van der Waals surface area contributed by atoms with Crippen LogP contribution in [-0.2, 0) is 0 Å². The smallest absolute Gasteiger partial charge is 0.0252 e. The Morgan fingerprint density at radius 2 is 1.83 bits per heavy atom. The molecule has 104 valence electrons. The number of likely N-dealkylation sites (tertiary alicyclic amines) is 2. The van der Waals surface area contributed by atoms with E-state index in [0.29, 0.717) is 0 Å². The van der Waals surface area contributed by atoms with Gasteiger partial charge in [0.1, 0.15) is 0 Å². The van der Waals surface area contributed by atoms with Gasteiger partial charge in [0, 0.05) is 18.1 Å². The lowest BCUT2D eigenvalue weighted by molar-refractivity contribution is 0.0890. The van der Waals surface area contributed by atoms with Crippen molar-refractivity contribution in [1.29, 1.82) is 0 Å². The topological polar surface area (TPSA) is 18.5 Å². The Morgan fingerprint density at radius 1 is 1.00 bits per heavy atom. The largest absolute Gasteiger partial charge is 0.312 e. The SMILES string of the molecule is CCN1CCC(N2CCCC2C2CCCN2)CC1. The molecular weight excluding hydrogens is 222 g/mol. The molecule has 3 heterocycles. The lowest BCUT2D eigenvalue weighted by atomic mass is 9.98. The zero-order valence-electron chi connectivity index (χ0n) is 11.9. The maximum absolute atomic E-state index is 3.74. The Hall–Kier alpha value is -0.120. The summed E-state index contributed by atoms with van der Waals surface area (Å²) in [6, 6.07) is 2.53. The van der Waals surface area contributed by atoms with Gasteiger partial charge in [-0.15, -0.1) is 0 Å². The second kappa shape index (κ2) is 5.89. The molecule has 18 heavy (non-hydrogen) atoms. The van der Waals surface area contributed by atoms with Crippen molar-refractivity contribution in [3.05, 3.63) is 0 Å². The van der Waals surface area contributed by atoms with Crippen LogP contribution in [0.2, 0.25) is 0 Å². The molecule has 3 rings (SSSR count). The standard InChI is InChI=1S/C15H29N3/c1-2-17-11-7-13(8-12-17)18-10-4-6-15(18)14-5-3-9-16-14/h13-16H,2-12H2,1H3. The first-order valence-corrected chi connectivity index (χ1v) is 8.10. The van der Waals surface area contributed by atoms with Crippen LogP contribution in [0, 0.1) is 0 Å². The molecule has 0 aromatic rings. The number of nitrogens with zero attached hydrogens (tertiary/aromatic N) is 2. The fraction of sp³-hybridized carbons (Fsp3) is 1.00. The third-order valence-electron chi connectivity index (χ3n) is 5.38. The molecule has 3 fully saturated rings. The predicted molar refractivity (Wildman–Crippen MR) is 75.9 cm³/mol. The van der Waals surface area contributed by atoms with Crippen molar-refractivity contribution < 1.29 is 0 Å². The highest BCUT2D eigenvalue weighted by molar-refractivity contribution is 4.95. The molecule has 0 radical (unpaired) electrons. The highest BCUT2D eigenvalue weighted by atomic mass is 15.3. The van der Waals surface area contributed by atoms with Gasteiger partial charge in [-0.3, -0.25) is 4.90 Å². The minimum Gasteiger partial charge on any atom is -0.312 e. The van der Waals surface area contributed by atoms with Crippen LogP contribution in [0.5, 0.6) is 0 Å². The summed E-state index contributed by atoms with van der Waals surface area (Å²) in [4.78, 5) is 5.48. The minimum absolute atomic E-state index is 0.803. The van der Waals surface area contributed by atoms with Crippen molar-refractivity contribution >= 4 is 0 Å². The van der Waals surface area contributed by atoms with Crippen molar-refractivity contribution in [2.75, 3.05) is 32.7 Å². The predicted octanol–water partition coefficient (Wildman–Crippen LogP) is 1.69. The molecule has 1 N–H and O–H groups in total. The second-order valence-electron chi connectivity index (χ2n) is 6.32. The number of hydrogen-bond acceptors (Lipinski definition) is 3. The van der Waals surface area contributed by atoms with E-state index in [1.807, 2.05) is 0 Å². The van der Waals surface area contributed by atoms with Gasteiger partial charge in [0.05, 0.1) is 0 Å². The minimum atomic E-state index is 0.803. The lowest BCUT2D eigenvalue weighted by Crippen LogP contribution is -2.51. The normalized spacial score (nSPS) is 36.5. The molecule has 0 aliphatic carbocycles. The summed E-state index contributed by atoms with van der Waals surface area (Å²) in [6.45, 7) is 8.79.